The predicted octanol–water partition coefficient (Wildman–Crippen LogP) is 3.82. The number of hydrogen-bond acceptors (Lipinski definition) is 3. The number of aryl methyl sites for hydroxylation is 1. The van der Waals surface area contributed by atoms with Crippen LogP contribution in [0.2, 0.25) is 0 Å². The van der Waals surface area contributed by atoms with Gasteiger partial charge in [0.25, 0.3) is 0 Å². The Morgan fingerprint density at radius 3 is 2.43 bits per heavy atom. The number of rotatable bonds is 5. The second-order valence-electron chi connectivity index (χ2n) is 4.59. The molecule has 21 heavy (non-hydrogen) atoms. The van der Waals surface area contributed by atoms with E-state index in [0.29, 0.717) is 0 Å². The molecule has 0 fully saturated rings. The molecule has 0 unspecified atom stereocenters. The number of benzene rings is 2. The predicted molar refractivity (Wildman–Crippen MR) is 89.0 cm³/mol. The normalized spacial score (nSPS) is 10.0. The Balaban J connectivity index is 1.87. The highest BCUT2D eigenvalue weighted by molar-refractivity contribution is 9.10. The average molecular weight is 349 g/mol. The molecule has 0 saturated carbocycles. The van der Waals surface area contributed by atoms with Gasteiger partial charge >= 0.3 is 0 Å². The fraction of sp³-hybridized carbons (Fsp3) is 0.188. The van der Waals surface area contributed by atoms with Crippen LogP contribution in [0.4, 0.5) is 11.4 Å². The molecular formula is C16H17BrN2O2. The monoisotopic (exact) mass is 348 g/mol. The number of amides is 1. The summed E-state index contributed by atoms with van der Waals surface area (Å²) in [5.41, 5.74) is 2.77. The Bertz CT molecular complexity index is 627. The van der Waals surface area contributed by atoms with Gasteiger partial charge in [-0.05, 0) is 48.9 Å². The Kier molecular flexibility index (Phi) is 5.22. The summed E-state index contributed by atoms with van der Waals surface area (Å²) in [7, 11) is 1.62. The topological polar surface area (TPSA) is 50.4 Å². The Morgan fingerprint density at radius 2 is 1.81 bits per heavy atom. The first-order valence-corrected chi connectivity index (χ1v) is 7.31. The number of carbonyl (C=O) groups is 1. The molecule has 5 heteroatoms. The lowest BCUT2D eigenvalue weighted by molar-refractivity contribution is -0.114. The smallest absolute Gasteiger partial charge is 0.243 e. The zero-order chi connectivity index (χ0) is 15.2. The van der Waals surface area contributed by atoms with Crippen molar-refractivity contribution in [2.75, 3.05) is 24.3 Å². The molecule has 110 valence electrons. The van der Waals surface area contributed by atoms with Crippen LogP contribution in [-0.2, 0) is 4.79 Å². The van der Waals surface area contributed by atoms with Gasteiger partial charge < -0.3 is 15.4 Å². The van der Waals surface area contributed by atoms with Crippen LogP contribution in [-0.4, -0.2) is 19.6 Å². The van der Waals surface area contributed by atoms with Crippen LogP contribution in [0.3, 0.4) is 0 Å². The van der Waals surface area contributed by atoms with E-state index in [1.54, 1.807) is 7.11 Å². The number of ether oxygens (including phenoxy) is 1. The van der Waals surface area contributed by atoms with Crippen molar-refractivity contribution in [2.24, 2.45) is 0 Å². The molecule has 2 aromatic rings. The molecule has 2 N–H and O–H groups in total. The van der Waals surface area contributed by atoms with Crippen molar-refractivity contribution in [3.63, 3.8) is 0 Å². The van der Waals surface area contributed by atoms with E-state index in [1.807, 2.05) is 49.4 Å². The quantitative estimate of drug-likeness (QED) is 0.863. The van der Waals surface area contributed by atoms with Crippen LogP contribution < -0.4 is 15.4 Å². The van der Waals surface area contributed by atoms with Gasteiger partial charge in [0, 0.05) is 15.8 Å². The zero-order valence-electron chi connectivity index (χ0n) is 11.9. The van der Waals surface area contributed by atoms with Crippen molar-refractivity contribution in [1.29, 1.82) is 0 Å². The summed E-state index contributed by atoms with van der Waals surface area (Å²) >= 11 is 3.45. The van der Waals surface area contributed by atoms with Crippen molar-refractivity contribution in [2.45, 2.75) is 6.92 Å². The van der Waals surface area contributed by atoms with Crippen LogP contribution in [0.5, 0.6) is 5.75 Å². The van der Waals surface area contributed by atoms with Crippen LogP contribution >= 0.6 is 15.9 Å². The highest BCUT2D eigenvalue weighted by Gasteiger charge is 2.04. The first-order chi connectivity index (χ1) is 10.1. The molecule has 0 heterocycles. The van der Waals surface area contributed by atoms with E-state index in [2.05, 4.69) is 26.6 Å². The van der Waals surface area contributed by atoms with E-state index in [0.717, 1.165) is 27.2 Å². The fourth-order valence-corrected chi connectivity index (χ4v) is 2.15. The summed E-state index contributed by atoms with van der Waals surface area (Å²) in [6.45, 7) is 2.21. The van der Waals surface area contributed by atoms with Gasteiger partial charge in [-0.1, -0.05) is 22.0 Å². The molecule has 0 aliphatic heterocycles. The van der Waals surface area contributed by atoms with Crippen molar-refractivity contribution in [1.82, 2.24) is 0 Å². The van der Waals surface area contributed by atoms with Gasteiger partial charge in [-0.15, -0.1) is 0 Å². The van der Waals surface area contributed by atoms with Crippen molar-refractivity contribution in [3.8, 4) is 5.75 Å². The van der Waals surface area contributed by atoms with Crippen molar-refractivity contribution in [3.05, 3.63) is 52.5 Å². The summed E-state index contributed by atoms with van der Waals surface area (Å²) in [5.74, 6) is 0.691. The van der Waals surface area contributed by atoms with Crippen LogP contribution in [0.1, 0.15) is 5.56 Å². The van der Waals surface area contributed by atoms with Gasteiger partial charge in [-0.3, -0.25) is 4.79 Å². The van der Waals surface area contributed by atoms with Gasteiger partial charge in [0.15, 0.2) is 0 Å². The SMILES string of the molecule is COc1ccc(NCC(=O)Nc2ccc(C)c(Br)c2)cc1. The highest BCUT2D eigenvalue weighted by atomic mass is 79.9. The molecule has 0 aromatic heterocycles. The summed E-state index contributed by atoms with van der Waals surface area (Å²) in [5, 5.41) is 5.91. The maximum Gasteiger partial charge on any atom is 0.243 e. The molecular weight excluding hydrogens is 332 g/mol. The summed E-state index contributed by atoms with van der Waals surface area (Å²) < 4.78 is 6.06. The lowest BCUT2D eigenvalue weighted by Gasteiger charge is -2.09. The van der Waals surface area contributed by atoms with E-state index >= 15 is 0 Å². The summed E-state index contributed by atoms with van der Waals surface area (Å²) in [4.78, 5) is 11.9. The van der Waals surface area contributed by atoms with Crippen LogP contribution in [0.25, 0.3) is 0 Å². The molecule has 0 bridgehead atoms. The zero-order valence-corrected chi connectivity index (χ0v) is 13.5. The number of hydrogen-bond donors (Lipinski definition) is 2. The van der Waals surface area contributed by atoms with Crippen molar-refractivity contribution < 1.29 is 9.53 Å². The van der Waals surface area contributed by atoms with E-state index in [4.69, 9.17) is 4.74 Å². The first kappa shape index (κ1) is 15.4. The standard InChI is InChI=1S/C16H17BrN2O2/c1-11-3-4-13(9-15(11)17)19-16(20)10-18-12-5-7-14(21-2)8-6-12/h3-9,18H,10H2,1-2H3,(H,19,20). The van der Waals surface area contributed by atoms with Gasteiger partial charge in [0.1, 0.15) is 5.75 Å². The van der Waals surface area contributed by atoms with E-state index < -0.39 is 0 Å². The minimum atomic E-state index is -0.0958. The Labute approximate surface area is 132 Å². The average Bonchev–Trinajstić information content (AvgIpc) is 2.49. The fourth-order valence-electron chi connectivity index (χ4n) is 1.77. The van der Waals surface area contributed by atoms with E-state index in [-0.39, 0.29) is 12.5 Å². The number of anilines is 2. The molecule has 0 aliphatic carbocycles. The molecule has 1 amide bonds. The molecule has 0 saturated heterocycles. The van der Waals surface area contributed by atoms with Gasteiger partial charge in [0.05, 0.1) is 13.7 Å². The van der Waals surface area contributed by atoms with Crippen molar-refractivity contribution >= 4 is 33.2 Å². The number of methoxy groups -OCH3 is 1. The third-order valence-corrected chi connectivity index (χ3v) is 3.85. The summed E-state index contributed by atoms with van der Waals surface area (Å²) in [6.07, 6.45) is 0. The minimum absolute atomic E-state index is 0.0958. The molecule has 2 rings (SSSR count). The third-order valence-electron chi connectivity index (χ3n) is 3.00. The van der Waals surface area contributed by atoms with Crippen LogP contribution in [0, 0.1) is 6.92 Å². The second-order valence-corrected chi connectivity index (χ2v) is 5.45. The Hall–Kier alpha value is -2.01. The Morgan fingerprint density at radius 1 is 1.14 bits per heavy atom. The molecule has 0 radical (unpaired) electrons. The lowest BCUT2D eigenvalue weighted by Crippen LogP contribution is -2.21. The molecule has 4 nitrogen and oxygen atoms in total. The number of carbonyl (C=O) groups excluding carboxylic acids is 1. The van der Waals surface area contributed by atoms with E-state index in [9.17, 15) is 4.79 Å². The largest absolute Gasteiger partial charge is 0.497 e. The third kappa shape index (κ3) is 4.49. The number of nitrogens with one attached hydrogen (secondary N) is 2. The maximum absolute atomic E-state index is 11.9. The molecule has 0 spiro atoms. The molecule has 0 atom stereocenters. The van der Waals surface area contributed by atoms with Gasteiger partial charge in [-0.25, -0.2) is 0 Å². The first-order valence-electron chi connectivity index (χ1n) is 6.52. The van der Waals surface area contributed by atoms with Gasteiger partial charge in [-0.2, -0.15) is 0 Å². The number of halogens is 1. The minimum Gasteiger partial charge on any atom is -0.497 e. The second kappa shape index (κ2) is 7.13. The van der Waals surface area contributed by atoms with Gasteiger partial charge in [0.2, 0.25) is 5.91 Å². The highest BCUT2D eigenvalue weighted by Crippen LogP contribution is 2.20. The molecule has 2 aromatic carbocycles. The summed E-state index contributed by atoms with van der Waals surface area (Å²) in [6, 6.07) is 13.2. The molecule has 0 aliphatic rings. The maximum atomic E-state index is 11.9. The lowest BCUT2D eigenvalue weighted by atomic mass is 10.2. The van der Waals surface area contributed by atoms with E-state index in [1.165, 1.54) is 0 Å². The van der Waals surface area contributed by atoms with Crippen LogP contribution in [0.15, 0.2) is 46.9 Å².